The van der Waals surface area contributed by atoms with Crippen molar-refractivity contribution in [3.05, 3.63) is 29.8 Å². The van der Waals surface area contributed by atoms with E-state index in [9.17, 15) is 0 Å². The first-order valence-electron chi connectivity index (χ1n) is 7.63. The maximum absolute atomic E-state index is 6.11. The van der Waals surface area contributed by atoms with Crippen molar-refractivity contribution in [2.45, 2.75) is 50.3 Å². The molecule has 1 saturated carbocycles. The van der Waals surface area contributed by atoms with Crippen LogP contribution in [0.1, 0.15) is 44.7 Å². The summed E-state index contributed by atoms with van der Waals surface area (Å²) in [6, 6.07) is 8.68. The predicted molar refractivity (Wildman–Crippen MR) is 82.2 cm³/mol. The Morgan fingerprint density at radius 2 is 1.95 bits per heavy atom. The van der Waals surface area contributed by atoms with E-state index in [1.54, 1.807) is 0 Å². The van der Waals surface area contributed by atoms with Gasteiger partial charge in [-0.15, -0.1) is 0 Å². The first-order chi connectivity index (χ1) is 9.45. The lowest BCUT2D eigenvalue weighted by Gasteiger charge is -2.48. The lowest BCUT2D eigenvalue weighted by molar-refractivity contribution is 0.0405. The van der Waals surface area contributed by atoms with E-state index in [-0.39, 0.29) is 11.6 Å². The number of benzene rings is 1. The number of ether oxygens (including phenoxy) is 1. The molecule has 0 spiro atoms. The van der Waals surface area contributed by atoms with E-state index < -0.39 is 0 Å². The fourth-order valence-corrected chi connectivity index (χ4v) is 3.54. The number of nitrogens with one attached hydrogen (secondary N) is 1. The molecule has 0 bridgehead atoms. The van der Waals surface area contributed by atoms with Crippen molar-refractivity contribution < 1.29 is 4.74 Å². The zero-order valence-electron chi connectivity index (χ0n) is 13.1. The van der Waals surface area contributed by atoms with Gasteiger partial charge in [0.05, 0.1) is 6.04 Å². The Hall–Kier alpha value is -1.06. The third-order valence-electron chi connectivity index (χ3n) is 5.17. The van der Waals surface area contributed by atoms with Crippen LogP contribution in [0.5, 0.6) is 5.75 Å². The van der Waals surface area contributed by atoms with Crippen LogP contribution < -0.4 is 10.1 Å². The highest BCUT2D eigenvalue weighted by Gasteiger charge is 2.44. The second kappa shape index (κ2) is 4.74. The Balaban J connectivity index is 1.76. The summed E-state index contributed by atoms with van der Waals surface area (Å²) >= 11 is 0. The Morgan fingerprint density at radius 3 is 2.55 bits per heavy atom. The second-order valence-electron chi connectivity index (χ2n) is 7.03. The van der Waals surface area contributed by atoms with Crippen molar-refractivity contribution in [3.8, 4) is 5.75 Å². The molecule has 0 aromatic heterocycles. The van der Waals surface area contributed by atoms with Gasteiger partial charge in [0, 0.05) is 17.6 Å². The summed E-state index contributed by atoms with van der Waals surface area (Å²) in [5.74, 6) is 1.03. The van der Waals surface area contributed by atoms with E-state index in [4.69, 9.17) is 4.74 Å². The van der Waals surface area contributed by atoms with Gasteiger partial charge in [-0.1, -0.05) is 18.2 Å². The standard InChI is InChI=1S/C17H26N2O/c1-16(2)15(13-8-5-6-9-14(13)20-16)18-12-17(19(3)4)10-7-11-17/h5-6,8-9,15,18H,7,10-12H2,1-4H3. The van der Waals surface area contributed by atoms with Crippen molar-refractivity contribution in [2.75, 3.05) is 20.6 Å². The number of hydrogen-bond acceptors (Lipinski definition) is 3. The molecule has 1 aliphatic carbocycles. The molecule has 0 amide bonds. The lowest BCUT2D eigenvalue weighted by Crippen LogP contribution is -2.58. The summed E-state index contributed by atoms with van der Waals surface area (Å²) in [6.07, 6.45) is 3.94. The first-order valence-corrected chi connectivity index (χ1v) is 7.63. The minimum Gasteiger partial charge on any atom is -0.486 e. The molecule has 1 unspecified atom stereocenters. The van der Waals surface area contributed by atoms with Crippen LogP contribution >= 0.6 is 0 Å². The molecule has 3 nitrogen and oxygen atoms in total. The van der Waals surface area contributed by atoms with Crippen LogP contribution in [0.4, 0.5) is 0 Å². The quantitative estimate of drug-likeness (QED) is 0.913. The number of fused-ring (bicyclic) bond motifs is 1. The Bertz CT molecular complexity index is 492. The maximum atomic E-state index is 6.11. The van der Waals surface area contributed by atoms with Gasteiger partial charge in [0.15, 0.2) is 0 Å². The summed E-state index contributed by atoms with van der Waals surface area (Å²) in [5, 5.41) is 3.79. The number of rotatable bonds is 4. The van der Waals surface area contributed by atoms with E-state index in [1.165, 1.54) is 24.8 Å². The zero-order valence-corrected chi connectivity index (χ0v) is 13.1. The van der Waals surface area contributed by atoms with E-state index in [0.717, 1.165) is 12.3 Å². The van der Waals surface area contributed by atoms with Crippen LogP contribution in [-0.2, 0) is 0 Å². The van der Waals surface area contributed by atoms with Gasteiger partial charge in [-0.2, -0.15) is 0 Å². The third-order valence-corrected chi connectivity index (χ3v) is 5.17. The molecular formula is C17H26N2O. The van der Waals surface area contributed by atoms with Crippen molar-refractivity contribution in [3.63, 3.8) is 0 Å². The van der Waals surface area contributed by atoms with Crippen LogP contribution in [-0.4, -0.2) is 36.7 Å². The van der Waals surface area contributed by atoms with Gasteiger partial charge in [0.25, 0.3) is 0 Å². The molecule has 1 aromatic carbocycles. The number of nitrogens with zero attached hydrogens (tertiary/aromatic N) is 1. The molecular weight excluding hydrogens is 248 g/mol. The molecule has 1 atom stereocenters. The van der Waals surface area contributed by atoms with Crippen LogP contribution in [0.15, 0.2) is 24.3 Å². The predicted octanol–water partition coefficient (Wildman–Crippen LogP) is 2.97. The Labute approximate surface area is 122 Å². The molecule has 1 aromatic rings. The lowest BCUT2D eigenvalue weighted by atomic mass is 9.75. The van der Waals surface area contributed by atoms with Gasteiger partial charge in [-0.05, 0) is 53.3 Å². The molecule has 20 heavy (non-hydrogen) atoms. The molecule has 1 N–H and O–H groups in total. The minimum atomic E-state index is -0.180. The largest absolute Gasteiger partial charge is 0.486 e. The summed E-state index contributed by atoms with van der Waals surface area (Å²) in [4.78, 5) is 2.39. The fourth-order valence-electron chi connectivity index (χ4n) is 3.54. The third kappa shape index (κ3) is 2.13. The number of para-hydroxylation sites is 1. The molecule has 2 aliphatic rings. The van der Waals surface area contributed by atoms with Crippen molar-refractivity contribution >= 4 is 0 Å². The molecule has 3 heteroatoms. The summed E-state index contributed by atoms with van der Waals surface area (Å²) in [7, 11) is 4.40. The molecule has 1 heterocycles. The maximum Gasteiger partial charge on any atom is 0.125 e. The molecule has 0 radical (unpaired) electrons. The van der Waals surface area contributed by atoms with Gasteiger partial charge >= 0.3 is 0 Å². The highest BCUT2D eigenvalue weighted by atomic mass is 16.5. The van der Waals surface area contributed by atoms with E-state index in [0.29, 0.717) is 5.54 Å². The van der Waals surface area contributed by atoms with E-state index in [2.05, 4.69) is 56.4 Å². The van der Waals surface area contributed by atoms with Gasteiger partial charge in [-0.25, -0.2) is 0 Å². The average molecular weight is 274 g/mol. The van der Waals surface area contributed by atoms with Gasteiger partial charge in [-0.3, -0.25) is 0 Å². The van der Waals surface area contributed by atoms with Crippen molar-refractivity contribution in [2.24, 2.45) is 0 Å². The summed E-state index contributed by atoms with van der Waals surface area (Å²) in [5.41, 5.74) is 1.46. The minimum absolute atomic E-state index is 0.180. The highest BCUT2D eigenvalue weighted by Crippen LogP contribution is 2.44. The van der Waals surface area contributed by atoms with Crippen molar-refractivity contribution in [1.29, 1.82) is 0 Å². The van der Waals surface area contributed by atoms with Crippen LogP contribution in [0.25, 0.3) is 0 Å². The smallest absolute Gasteiger partial charge is 0.125 e. The molecule has 0 saturated heterocycles. The second-order valence-corrected chi connectivity index (χ2v) is 7.03. The number of hydrogen-bond donors (Lipinski definition) is 1. The SMILES string of the molecule is CN(C)C1(CNC2c3ccccc3OC2(C)C)CCC1. The number of likely N-dealkylation sites (N-methyl/N-ethyl adjacent to an activating group) is 1. The summed E-state index contributed by atoms with van der Waals surface area (Å²) < 4.78 is 6.11. The Kier molecular flexibility index (Phi) is 3.30. The molecule has 3 rings (SSSR count). The van der Waals surface area contributed by atoms with Crippen molar-refractivity contribution in [1.82, 2.24) is 10.2 Å². The van der Waals surface area contributed by atoms with E-state index in [1.807, 2.05) is 6.07 Å². The topological polar surface area (TPSA) is 24.5 Å². The van der Waals surface area contributed by atoms with Gasteiger partial charge in [0.1, 0.15) is 11.4 Å². The summed E-state index contributed by atoms with van der Waals surface area (Å²) in [6.45, 7) is 5.38. The van der Waals surface area contributed by atoms with Gasteiger partial charge < -0.3 is 15.0 Å². The first kappa shape index (κ1) is 13.9. The Morgan fingerprint density at radius 1 is 1.25 bits per heavy atom. The zero-order chi connectivity index (χ0) is 14.4. The highest BCUT2D eigenvalue weighted by molar-refractivity contribution is 5.42. The molecule has 110 valence electrons. The normalized spacial score (nSPS) is 25.9. The van der Waals surface area contributed by atoms with Crippen LogP contribution in [0.2, 0.25) is 0 Å². The van der Waals surface area contributed by atoms with E-state index >= 15 is 0 Å². The van der Waals surface area contributed by atoms with Crippen LogP contribution in [0.3, 0.4) is 0 Å². The van der Waals surface area contributed by atoms with Crippen LogP contribution in [0, 0.1) is 0 Å². The monoisotopic (exact) mass is 274 g/mol. The molecule has 1 aliphatic heterocycles. The fraction of sp³-hybridized carbons (Fsp3) is 0.647. The average Bonchev–Trinajstić information content (AvgIpc) is 2.58. The van der Waals surface area contributed by atoms with Gasteiger partial charge in [0.2, 0.25) is 0 Å². The molecule has 1 fully saturated rings.